The number of carboxylic acid groups (broad SMARTS) is 1. The van der Waals surface area contributed by atoms with E-state index in [4.69, 9.17) is 9.84 Å². The Morgan fingerprint density at radius 3 is 2.79 bits per heavy atom. The second-order valence-electron chi connectivity index (χ2n) is 3.90. The highest BCUT2D eigenvalue weighted by atomic mass is 35.5. The molecule has 1 unspecified atom stereocenters. The molecule has 1 saturated carbocycles. The first-order valence-electron chi connectivity index (χ1n) is 4.82. The number of hydrogen-bond donors (Lipinski definition) is 1. The van der Waals surface area contributed by atoms with Gasteiger partial charge in [-0.3, -0.25) is 4.90 Å². The number of ether oxygens (including phenoxy) is 1. The minimum absolute atomic E-state index is 0. The molecule has 0 aromatic carbocycles. The quantitative estimate of drug-likeness (QED) is 0.759. The number of carboxylic acids is 1. The molecule has 1 aliphatic carbocycles. The third-order valence-electron chi connectivity index (χ3n) is 2.64. The minimum Gasteiger partial charge on any atom is -0.479 e. The third-order valence-corrected chi connectivity index (χ3v) is 2.64. The van der Waals surface area contributed by atoms with Crippen LogP contribution in [0.25, 0.3) is 0 Å². The summed E-state index contributed by atoms with van der Waals surface area (Å²) in [6.45, 7) is 3.07. The Hall–Kier alpha value is -0.320. The standard InChI is InChI=1S/C9H15NO3.ClH/c11-9(12)8-6-10(3-4-13-8)5-7-1-2-7;/h7-8H,1-6H2,(H,11,12);1H. The fraction of sp³-hybridized carbons (Fsp3) is 0.889. The first kappa shape index (κ1) is 11.8. The lowest BCUT2D eigenvalue weighted by Crippen LogP contribution is -2.46. The number of hydrogen-bond acceptors (Lipinski definition) is 3. The van der Waals surface area contributed by atoms with Crippen LogP contribution >= 0.6 is 12.4 Å². The van der Waals surface area contributed by atoms with Gasteiger partial charge in [0.05, 0.1) is 6.61 Å². The summed E-state index contributed by atoms with van der Waals surface area (Å²) in [4.78, 5) is 12.9. The van der Waals surface area contributed by atoms with Crippen molar-refractivity contribution in [2.75, 3.05) is 26.2 Å². The molecule has 5 heteroatoms. The number of carbonyl (C=O) groups is 1. The average Bonchev–Trinajstić information content (AvgIpc) is 2.89. The smallest absolute Gasteiger partial charge is 0.334 e. The number of morpholine rings is 1. The van der Waals surface area contributed by atoms with Crippen LogP contribution < -0.4 is 0 Å². The van der Waals surface area contributed by atoms with E-state index >= 15 is 0 Å². The van der Waals surface area contributed by atoms with E-state index in [0.29, 0.717) is 13.2 Å². The number of aliphatic carboxylic acids is 1. The van der Waals surface area contributed by atoms with Crippen LogP contribution in [0.3, 0.4) is 0 Å². The molecule has 0 radical (unpaired) electrons. The maximum absolute atomic E-state index is 10.6. The summed E-state index contributed by atoms with van der Waals surface area (Å²) in [6, 6.07) is 0. The zero-order valence-corrected chi connectivity index (χ0v) is 8.83. The van der Waals surface area contributed by atoms with E-state index in [-0.39, 0.29) is 12.4 Å². The van der Waals surface area contributed by atoms with Crippen LogP contribution in [0.15, 0.2) is 0 Å². The highest BCUT2D eigenvalue weighted by molar-refractivity contribution is 5.85. The largest absolute Gasteiger partial charge is 0.479 e. The van der Waals surface area contributed by atoms with Gasteiger partial charge in [0, 0.05) is 19.6 Å². The molecule has 0 aromatic heterocycles. The maximum Gasteiger partial charge on any atom is 0.334 e. The van der Waals surface area contributed by atoms with Gasteiger partial charge in [0.25, 0.3) is 0 Å². The van der Waals surface area contributed by atoms with Crippen LogP contribution in [0.5, 0.6) is 0 Å². The lowest BCUT2D eigenvalue weighted by Gasteiger charge is -2.30. The van der Waals surface area contributed by atoms with E-state index in [1.54, 1.807) is 0 Å². The van der Waals surface area contributed by atoms with E-state index in [2.05, 4.69) is 4.90 Å². The predicted molar refractivity (Wildman–Crippen MR) is 53.8 cm³/mol. The Kier molecular flexibility index (Phi) is 4.16. The van der Waals surface area contributed by atoms with Crippen molar-refractivity contribution in [3.8, 4) is 0 Å². The zero-order chi connectivity index (χ0) is 9.26. The summed E-state index contributed by atoms with van der Waals surface area (Å²) in [5.41, 5.74) is 0. The van der Waals surface area contributed by atoms with E-state index < -0.39 is 12.1 Å². The molecule has 0 amide bonds. The maximum atomic E-state index is 10.6. The van der Waals surface area contributed by atoms with Crippen molar-refractivity contribution in [3.63, 3.8) is 0 Å². The molecule has 1 heterocycles. The number of rotatable bonds is 3. The van der Waals surface area contributed by atoms with Crippen LogP contribution in [0.4, 0.5) is 0 Å². The zero-order valence-electron chi connectivity index (χ0n) is 8.02. The van der Waals surface area contributed by atoms with Crippen molar-refractivity contribution in [1.82, 2.24) is 4.90 Å². The summed E-state index contributed by atoms with van der Waals surface area (Å²) in [5.74, 6) is -0.00644. The van der Waals surface area contributed by atoms with Gasteiger partial charge in [-0.2, -0.15) is 0 Å². The molecule has 2 aliphatic rings. The van der Waals surface area contributed by atoms with Crippen molar-refractivity contribution < 1.29 is 14.6 Å². The molecule has 0 bridgehead atoms. The van der Waals surface area contributed by atoms with Crippen LogP contribution in [0.2, 0.25) is 0 Å². The summed E-state index contributed by atoms with van der Waals surface area (Å²) in [6.07, 6.45) is 2.02. The minimum atomic E-state index is -0.833. The van der Waals surface area contributed by atoms with Gasteiger partial charge in [-0.25, -0.2) is 4.79 Å². The molecule has 14 heavy (non-hydrogen) atoms. The van der Waals surface area contributed by atoms with Gasteiger partial charge < -0.3 is 9.84 Å². The normalized spacial score (nSPS) is 28.1. The Balaban J connectivity index is 0.000000980. The van der Waals surface area contributed by atoms with Crippen molar-refractivity contribution in [2.24, 2.45) is 5.92 Å². The molecule has 0 spiro atoms. The SMILES string of the molecule is Cl.O=C(O)C1CN(CC2CC2)CCO1. The van der Waals surface area contributed by atoms with Crippen LogP contribution in [0, 0.1) is 5.92 Å². The molecular formula is C9H16ClNO3. The summed E-state index contributed by atoms with van der Waals surface area (Å²) < 4.78 is 5.13. The van der Waals surface area contributed by atoms with Gasteiger partial charge in [0.2, 0.25) is 0 Å². The summed E-state index contributed by atoms with van der Waals surface area (Å²) in [5, 5.41) is 8.75. The molecule has 2 fully saturated rings. The Morgan fingerprint density at radius 2 is 2.21 bits per heavy atom. The second-order valence-corrected chi connectivity index (χ2v) is 3.90. The monoisotopic (exact) mass is 221 g/mol. The lowest BCUT2D eigenvalue weighted by molar-refractivity contribution is -0.156. The summed E-state index contributed by atoms with van der Waals surface area (Å²) >= 11 is 0. The molecule has 1 saturated heterocycles. The fourth-order valence-electron chi connectivity index (χ4n) is 1.68. The van der Waals surface area contributed by atoms with Crippen molar-refractivity contribution in [1.29, 1.82) is 0 Å². The highest BCUT2D eigenvalue weighted by Crippen LogP contribution is 2.30. The molecule has 2 rings (SSSR count). The van der Waals surface area contributed by atoms with Crippen molar-refractivity contribution in [2.45, 2.75) is 18.9 Å². The molecule has 1 N–H and O–H groups in total. The lowest BCUT2D eigenvalue weighted by atomic mass is 10.2. The molecule has 1 atom stereocenters. The van der Waals surface area contributed by atoms with Crippen LogP contribution in [-0.4, -0.2) is 48.3 Å². The number of halogens is 1. The van der Waals surface area contributed by atoms with E-state index in [9.17, 15) is 4.79 Å². The van der Waals surface area contributed by atoms with Crippen molar-refractivity contribution in [3.05, 3.63) is 0 Å². The van der Waals surface area contributed by atoms with Crippen molar-refractivity contribution >= 4 is 18.4 Å². The van der Waals surface area contributed by atoms with Gasteiger partial charge in [-0.1, -0.05) is 0 Å². The molecule has 82 valence electrons. The Labute approximate surface area is 89.6 Å². The van der Waals surface area contributed by atoms with E-state index in [1.165, 1.54) is 12.8 Å². The van der Waals surface area contributed by atoms with Gasteiger partial charge in [0.15, 0.2) is 6.10 Å². The first-order chi connectivity index (χ1) is 6.25. The van der Waals surface area contributed by atoms with Gasteiger partial charge >= 0.3 is 5.97 Å². The molecular weight excluding hydrogens is 206 g/mol. The van der Waals surface area contributed by atoms with Gasteiger partial charge in [0.1, 0.15) is 0 Å². The topological polar surface area (TPSA) is 49.8 Å². The number of nitrogens with zero attached hydrogens (tertiary/aromatic N) is 1. The predicted octanol–water partition coefficient (Wildman–Crippen LogP) is 0.604. The highest BCUT2D eigenvalue weighted by Gasteiger charge is 2.30. The van der Waals surface area contributed by atoms with Gasteiger partial charge in [-0.05, 0) is 18.8 Å². The molecule has 1 aliphatic heterocycles. The van der Waals surface area contributed by atoms with Gasteiger partial charge in [-0.15, -0.1) is 12.4 Å². The fourth-order valence-corrected chi connectivity index (χ4v) is 1.68. The third kappa shape index (κ3) is 3.12. The molecule has 4 nitrogen and oxygen atoms in total. The Morgan fingerprint density at radius 1 is 1.50 bits per heavy atom. The van der Waals surface area contributed by atoms with Crippen LogP contribution in [-0.2, 0) is 9.53 Å². The average molecular weight is 222 g/mol. The van der Waals surface area contributed by atoms with E-state index in [1.807, 2.05) is 0 Å². The summed E-state index contributed by atoms with van der Waals surface area (Å²) in [7, 11) is 0. The Bertz CT molecular complexity index is 208. The van der Waals surface area contributed by atoms with Crippen LogP contribution in [0.1, 0.15) is 12.8 Å². The molecule has 0 aromatic rings. The second kappa shape index (κ2) is 4.96. The first-order valence-corrected chi connectivity index (χ1v) is 4.82. The van der Waals surface area contributed by atoms with E-state index in [0.717, 1.165) is 19.0 Å².